The van der Waals surface area contributed by atoms with Crippen LogP contribution < -0.4 is 5.32 Å². The Morgan fingerprint density at radius 3 is 2.53 bits per heavy atom. The number of hydrogen-bond donors (Lipinski definition) is 2. The Morgan fingerprint density at radius 1 is 1.21 bits per heavy atom. The molecule has 1 aliphatic rings. The quantitative estimate of drug-likeness (QED) is 0.823. The first kappa shape index (κ1) is 13.6. The molecule has 0 spiro atoms. The van der Waals surface area contributed by atoms with Crippen molar-refractivity contribution in [2.24, 2.45) is 5.92 Å². The van der Waals surface area contributed by atoms with Crippen molar-refractivity contribution in [2.75, 3.05) is 0 Å². The van der Waals surface area contributed by atoms with Gasteiger partial charge in [0.1, 0.15) is 0 Å². The van der Waals surface area contributed by atoms with Crippen molar-refractivity contribution >= 4 is 11.9 Å². The Kier molecular flexibility index (Phi) is 4.55. The van der Waals surface area contributed by atoms with Crippen LogP contribution in [0.3, 0.4) is 0 Å². The SMILES string of the molecule is O=C(CCCc1ccccc1)NC1CC(C(=O)O)C1. The predicted molar refractivity (Wildman–Crippen MR) is 71.7 cm³/mol. The molecule has 1 aromatic carbocycles. The number of carbonyl (C=O) groups excluding carboxylic acids is 1. The lowest BCUT2D eigenvalue weighted by Crippen LogP contribution is -2.46. The molecule has 0 atom stereocenters. The van der Waals surface area contributed by atoms with Gasteiger partial charge in [0.2, 0.25) is 5.91 Å². The highest BCUT2D eigenvalue weighted by Crippen LogP contribution is 2.27. The molecule has 1 fully saturated rings. The summed E-state index contributed by atoms with van der Waals surface area (Å²) in [5.41, 5.74) is 1.24. The fraction of sp³-hybridized carbons (Fsp3) is 0.467. The molecule has 0 unspecified atom stereocenters. The lowest BCUT2D eigenvalue weighted by atomic mass is 9.80. The molecule has 0 aliphatic heterocycles. The molecule has 0 radical (unpaired) electrons. The maximum Gasteiger partial charge on any atom is 0.306 e. The second-order valence-corrected chi connectivity index (χ2v) is 5.11. The summed E-state index contributed by atoms with van der Waals surface area (Å²) in [5.74, 6) is -0.992. The highest BCUT2D eigenvalue weighted by atomic mass is 16.4. The molecule has 1 saturated carbocycles. The smallest absolute Gasteiger partial charge is 0.306 e. The van der Waals surface area contributed by atoms with Gasteiger partial charge in [0.05, 0.1) is 5.92 Å². The number of benzene rings is 1. The van der Waals surface area contributed by atoms with E-state index in [4.69, 9.17) is 5.11 Å². The molecule has 0 bridgehead atoms. The normalized spacial score (nSPS) is 21.5. The summed E-state index contributed by atoms with van der Waals surface area (Å²) in [6.07, 6.45) is 3.37. The van der Waals surface area contributed by atoms with E-state index in [2.05, 4.69) is 17.4 Å². The van der Waals surface area contributed by atoms with Crippen LogP contribution in [0.1, 0.15) is 31.2 Å². The number of aliphatic carboxylic acids is 1. The van der Waals surface area contributed by atoms with Crippen LogP contribution in [-0.2, 0) is 16.0 Å². The van der Waals surface area contributed by atoms with E-state index in [9.17, 15) is 9.59 Å². The van der Waals surface area contributed by atoms with Crippen LogP contribution in [0.15, 0.2) is 30.3 Å². The molecule has 0 saturated heterocycles. The third kappa shape index (κ3) is 4.09. The van der Waals surface area contributed by atoms with Crippen molar-refractivity contribution in [3.05, 3.63) is 35.9 Å². The number of carboxylic acid groups (broad SMARTS) is 1. The van der Waals surface area contributed by atoms with Crippen molar-refractivity contribution in [3.8, 4) is 0 Å². The van der Waals surface area contributed by atoms with E-state index in [-0.39, 0.29) is 17.9 Å². The Bertz CT molecular complexity index is 438. The molecular formula is C15H19NO3. The Labute approximate surface area is 112 Å². The molecule has 0 aromatic heterocycles. The van der Waals surface area contributed by atoms with Gasteiger partial charge < -0.3 is 10.4 Å². The van der Waals surface area contributed by atoms with Crippen molar-refractivity contribution in [1.29, 1.82) is 0 Å². The number of amides is 1. The molecule has 1 aliphatic carbocycles. The monoisotopic (exact) mass is 261 g/mol. The van der Waals surface area contributed by atoms with Gasteiger partial charge in [0.15, 0.2) is 0 Å². The average Bonchev–Trinajstić information content (AvgIpc) is 2.34. The van der Waals surface area contributed by atoms with E-state index in [0.717, 1.165) is 12.8 Å². The van der Waals surface area contributed by atoms with Gasteiger partial charge in [-0.2, -0.15) is 0 Å². The zero-order valence-corrected chi connectivity index (χ0v) is 10.8. The van der Waals surface area contributed by atoms with Crippen LogP contribution in [0.2, 0.25) is 0 Å². The first-order chi connectivity index (χ1) is 9.15. The molecule has 2 rings (SSSR count). The summed E-state index contributed by atoms with van der Waals surface area (Å²) in [7, 11) is 0. The topological polar surface area (TPSA) is 66.4 Å². The second kappa shape index (κ2) is 6.36. The highest BCUT2D eigenvalue weighted by molar-refractivity contribution is 5.77. The molecule has 1 amide bonds. The van der Waals surface area contributed by atoms with E-state index in [1.807, 2.05) is 18.2 Å². The molecule has 4 nitrogen and oxygen atoms in total. The van der Waals surface area contributed by atoms with Gasteiger partial charge in [-0.25, -0.2) is 0 Å². The third-order valence-corrected chi connectivity index (χ3v) is 3.56. The minimum atomic E-state index is -0.755. The Morgan fingerprint density at radius 2 is 1.89 bits per heavy atom. The van der Waals surface area contributed by atoms with Crippen molar-refractivity contribution in [3.63, 3.8) is 0 Å². The van der Waals surface area contributed by atoms with Crippen molar-refractivity contribution in [2.45, 2.75) is 38.1 Å². The van der Waals surface area contributed by atoms with E-state index in [0.29, 0.717) is 19.3 Å². The third-order valence-electron chi connectivity index (χ3n) is 3.56. The minimum Gasteiger partial charge on any atom is -0.481 e. The number of rotatable bonds is 6. The van der Waals surface area contributed by atoms with Crippen LogP contribution >= 0.6 is 0 Å². The van der Waals surface area contributed by atoms with E-state index in [1.54, 1.807) is 0 Å². The largest absolute Gasteiger partial charge is 0.481 e. The maximum absolute atomic E-state index is 11.7. The number of hydrogen-bond acceptors (Lipinski definition) is 2. The average molecular weight is 261 g/mol. The van der Waals surface area contributed by atoms with Crippen LogP contribution in [0.4, 0.5) is 0 Å². The summed E-state index contributed by atoms with van der Waals surface area (Å²) in [6, 6.07) is 10.1. The standard InChI is InChI=1S/C15H19NO3/c17-14(16-13-9-12(10-13)15(18)19)8-4-7-11-5-2-1-3-6-11/h1-3,5-6,12-13H,4,7-10H2,(H,16,17)(H,18,19). The van der Waals surface area contributed by atoms with Gasteiger partial charge in [0, 0.05) is 12.5 Å². The lowest BCUT2D eigenvalue weighted by molar-refractivity contribution is -0.146. The first-order valence-corrected chi connectivity index (χ1v) is 6.71. The summed E-state index contributed by atoms with van der Waals surface area (Å²) >= 11 is 0. The van der Waals surface area contributed by atoms with Crippen LogP contribution in [0.5, 0.6) is 0 Å². The van der Waals surface area contributed by atoms with Gasteiger partial charge in [0.25, 0.3) is 0 Å². The molecule has 2 N–H and O–H groups in total. The maximum atomic E-state index is 11.7. The number of aryl methyl sites for hydroxylation is 1. The summed E-state index contributed by atoms with van der Waals surface area (Å²) in [6.45, 7) is 0. The molecule has 19 heavy (non-hydrogen) atoms. The summed E-state index contributed by atoms with van der Waals surface area (Å²) in [5, 5.41) is 11.6. The predicted octanol–water partition coefficient (Wildman–Crippen LogP) is 1.99. The van der Waals surface area contributed by atoms with Crippen LogP contribution in [0, 0.1) is 5.92 Å². The second-order valence-electron chi connectivity index (χ2n) is 5.11. The van der Waals surface area contributed by atoms with E-state index >= 15 is 0 Å². The van der Waals surface area contributed by atoms with Crippen molar-refractivity contribution < 1.29 is 14.7 Å². The first-order valence-electron chi connectivity index (χ1n) is 6.71. The lowest BCUT2D eigenvalue weighted by Gasteiger charge is -2.32. The van der Waals surface area contributed by atoms with Crippen molar-refractivity contribution in [1.82, 2.24) is 5.32 Å². The summed E-state index contributed by atoms with van der Waals surface area (Å²) in [4.78, 5) is 22.3. The molecule has 1 aromatic rings. The summed E-state index contributed by atoms with van der Waals surface area (Å²) < 4.78 is 0. The van der Waals surface area contributed by atoms with Gasteiger partial charge in [-0.15, -0.1) is 0 Å². The van der Waals surface area contributed by atoms with Crippen LogP contribution in [0.25, 0.3) is 0 Å². The molecule has 0 heterocycles. The van der Waals surface area contributed by atoms with Crippen LogP contribution in [-0.4, -0.2) is 23.0 Å². The van der Waals surface area contributed by atoms with Gasteiger partial charge in [-0.1, -0.05) is 30.3 Å². The number of nitrogens with one attached hydrogen (secondary N) is 1. The fourth-order valence-corrected chi connectivity index (χ4v) is 2.33. The Hall–Kier alpha value is -1.84. The van der Waals surface area contributed by atoms with Gasteiger partial charge >= 0.3 is 5.97 Å². The molecule has 4 heteroatoms. The zero-order chi connectivity index (χ0) is 13.7. The van der Waals surface area contributed by atoms with E-state index < -0.39 is 5.97 Å². The van der Waals surface area contributed by atoms with E-state index in [1.165, 1.54) is 5.56 Å². The minimum absolute atomic E-state index is 0.0322. The van der Waals surface area contributed by atoms with Gasteiger partial charge in [-0.3, -0.25) is 9.59 Å². The highest BCUT2D eigenvalue weighted by Gasteiger charge is 2.34. The zero-order valence-electron chi connectivity index (χ0n) is 10.8. The number of carbonyl (C=O) groups is 2. The molecule has 102 valence electrons. The molecular weight excluding hydrogens is 242 g/mol. The fourth-order valence-electron chi connectivity index (χ4n) is 2.33. The Balaban J connectivity index is 1.60. The number of carboxylic acids is 1. The van der Waals surface area contributed by atoms with Gasteiger partial charge in [-0.05, 0) is 31.2 Å².